The van der Waals surface area contributed by atoms with Crippen molar-refractivity contribution in [2.45, 2.75) is 6.04 Å². The molecule has 1 aromatic rings. The van der Waals surface area contributed by atoms with E-state index in [4.69, 9.17) is 12.3 Å². The molecule has 0 aliphatic rings. The summed E-state index contributed by atoms with van der Waals surface area (Å²) in [6, 6.07) is -0.358. The van der Waals surface area contributed by atoms with Gasteiger partial charge in [-0.2, -0.15) is 0 Å². The van der Waals surface area contributed by atoms with Gasteiger partial charge in [-0.05, 0) is 0 Å². The van der Waals surface area contributed by atoms with Gasteiger partial charge in [0.1, 0.15) is 6.04 Å². The Morgan fingerprint density at radius 3 is 2.91 bits per heavy atom. The number of rotatable bonds is 2. The van der Waals surface area contributed by atoms with Gasteiger partial charge in [0.2, 0.25) is 0 Å². The van der Waals surface area contributed by atoms with E-state index < -0.39 is 0 Å². The molecule has 0 radical (unpaired) electrons. The molecule has 0 fully saturated rings. The fourth-order valence-electron chi connectivity index (χ4n) is 0.679. The molecule has 3 N–H and O–H groups in total. The Balaban J connectivity index is 2.85. The summed E-state index contributed by atoms with van der Waals surface area (Å²) < 4.78 is 0. The van der Waals surface area contributed by atoms with Crippen molar-refractivity contribution >= 4 is 0 Å². The molecule has 0 saturated heterocycles. The Morgan fingerprint density at radius 1 is 1.64 bits per heavy atom. The largest absolute Gasteiger partial charge is 0.270 e. The molecule has 4 nitrogen and oxygen atoms in total. The molecule has 11 heavy (non-hydrogen) atoms. The van der Waals surface area contributed by atoms with Crippen molar-refractivity contribution in [3.8, 4) is 12.3 Å². The normalized spacial score (nSPS) is 12.0. The van der Waals surface area contributed by atoms with Crippen LogP contribution in [0.25, 0.3) is 0 Å². The maximum atomic E-state index is 5.16. The summed E-state index contributed by atoms with van der Waals surface area (Å²) in [4.78, 5) is 7.82. The van der Waals surface area contributed by atoms with Gasteiger partial charge in [0, 0.05) is 12.4 Å². The lowest BCUT2D eigenvalue weighted by atomic mass is 10.2. The van der Waals surface area contributed by atoms with Crippen LogP contribution in [0.5, 0.6) is 0 Å². The van der Waals surface area contributed by atoms with Crippen LogP contribution in [0, 0.1) is 12.3 Å². The van der Waals surface area contributed by atoms with Gasteiger partial charge in [-0.15, -0.1) is 6.42 Å². The predicted molar refractivity (Wildman–Crippen MR) is 40.9 cm³/mol. The molecule has 4 heteroatoms. The van der Waals surface area contributed by atoms with Gasteiger partial charge >= 0.3 is 0 Å². The van der Waals surface area contributed by atoms with Gasteiger partial charge in [-0.25, -0.2) is 5.43 Å². The van der Waals surface area contributed by atoms with E-state index in [-0.39, 0.29) is 6.04 Å². The second-order valence-corrected chi connectivity index (χ2v) is 1.90. The zero-order chi connectivity index (χ0) is 8.10. The summed E-state index contributed by atoms with van der Waals surface area (Å²) in [6.07, 6.45) is 9.87. The van der Waals surface area contributed by atoms with Crippen LogP contribution in [0.3, 0.4) is 0 Å². The third kappa shape index (κ3) is 1.74. The SMILES string of the molecule is C#CC(NN)c1cnccn1. The minimum atomic E-state index is -0.358. The van der Waals surface area contributed by atoms with Crippen LogP contribution in [-0.4, -0.2) is 9.97 Å². The third-order valence-electron chi connectivity index (χ3n) is 1.21. The van der Waals surface area contributed by atoms with Crippen LogP contribution in [0.15, 0.2) is 18.6 Å². The highest BCUT2D eigenvalue weighted by molar-refractivity contribution is 5.14. The topological polar surface area (TPSA) is 63.8 Å². The molecule has 1 atom stereocenters. The van der Waals surface area contributed by atoms with Crippen molar-refractivity contribution in [1.29, 1.82) is 0 Å². The Hall–Kier alpha value is -1.44. The summed E-state index contributed by atoms with van der Waals surface area (Å²) in [5.74, 6) is 7.58. The van der Waals surface area contributed by atoms with Gasteiger partial charge in [0.25, 0.3) is 0 Å². The minimum absolute atomic E-state index is 0.358. The highest BCUT2D eigenvalue weighted by atomic mass is 15.2. The van der Waals surface area contributed by atoms with Gasteiger partial charge in [0.15, 0.2) is 0 Å². The Morgan fingerprint density at radius 2 is 2.45 bits per heavy atom. The molecule has 1 unspecified atom stereocenters. The van der Waals surface area contributed by atoms with E-state index in [9.17, 15) is 0 Å². The number of terminal acetylenes is 1. The average Bonchev–Trinajstić information content (AvgIpc) is 2.09. The monoisotopic (exact) mass is 148 g/mol. The average molecular weight is 148 g/mol. The van der Waals surface area contributed by atoms with Crippen molar-refractivity contribution in [2.24, 2.45) is 5.84 Å². The number of aromatic nitrogens is 2. The number of nitrogens with one attached hydrogen (secondary N) is 1. The van der Waals surface area contributed by atoms with E-state index in [0.29, 0.717) is 5.69 Å². The number of nitrogens with two attached hydrogens (primary N) is 1. The van der Waals surface area contributed by atoms with E-state index in [1.165, 1.54) is 0 Å². The third-order valence-corrected chi connectivity index (χ3v) is 1.21. The Labute approximate surface area is 64.8 Å². The molecule has 1 aromatic heterocycles. The highest BCUT2D eigenvalue weighted by Crippen LogP contribution is 2.03. The van der Waals surface area contributed by atoms with Crippen molar-refractivity contribution in [2.75, 3.05) is 0 Å². The lowest BCUT2D eigenvalue weighted by molar-refractivity contribution is 0.653. The summed E-state index contributed by atoms with van der Waals surface area (Å²) in [7, 11) is 0. The zero-order valence-corrected chi connectivity index (χ0v) is 5.86. The quantitative estimate of drug-likeness (QED) is 0.341. The number of hydrogen-bond donors (Lipinski definition) is 2. The molecule has 0 amide bonds. The molecule has 56 valence electrons. The zero-order valence-electron chi connectivity index (χ0n) is 5.86. The smallest absolute Gasteiger partial charge is 0.125 e. The number of nitrogens with zero attached hydrogens (tertiary/aromatic N) is 2. The van der Waals surface area contributed by atoms with Crippen LogP contribution in [0.2, 0.25) is 0 Å². The van der Waals surface area contributed by atoms with Gasteiger partial charge < -0.3 is 0 Å². The summed E-state index contributed by atoms with van der Waals surface area (Å²) in [5, 5.41) is 0. The fourth-order valence-corrected chi connectivity index (χ4v) is 0.679. The molecule has 0 bridgehead atoms. The second kappa shape index (κ2) is 3.66. The van der Waals surface area contributed by atoms with E-state index in [1.807, 2.05) is 0 Å². The van der Waals surface area contributed by atoms with Crippen molar-refractivity contribution in [3.05, 3.63) is 24.3 Å². The molecule has 0 spiro atoms. The first kappa shape index (κ1) is 7.66. The van der Waals surface area contributed by atoms with Crippen LogP contribution in [-0.2, 0) is 0 Å². The Bertz CT molecular complexity index is 251. The lowest BCUT2D eigenvalue weighted by Gasteiger charge is -2.05. The first-order valence-electron chi connectivity index (χ1n) is 3.06. The molecule has 1 rings (SSSR count). The summed E-state index contributed by atoms with van der Waals surface area (Å²) >= 11 is 0. The molecule has 0 saturated carbocycles. The van der Waals surface area contributed by atoms with Crippen molar-refractivity contribution < 1.29 is 0 Å². The van der Waals surface area contributed by atoms with Gasteiger partial charge in [-0.3, -0.25) is 15.8 Å². The summed E-state index contributed by atoms with van der Waals surface area (Å²) in [6.45, 7) is 0. The van der Waals surface area contributed by atoms with Crippen molar-refractivity contribution in [3.63, 3.8) is 0 Å². The van der Waals surface area contributed by atoms with Crippen molar-refractivity contribution in [1.82, 2.24) is 15.4 Å². The van der Waals surface area contributed by atoms with Crippen LogP contribution in [0.4, 0.5) is 0 Å². The fraction of sp³-hybridized carbons (Fsp3) is 0.143. The number of hydrazine groups is 1. The minimum Gasteiger partial charge on any atom is -0.270 e. The predicted octanol–water partition coefficient (Wildman–Crippen LogP) is -0.386. The summed E-state index contributed by atoms with van der Waals surface area (Å²) in [5.41, 5.74) is 3.08. The van der Waals surface area contributed by atoms with Gasteiger partial charge in [-0.1, -0.05) is 5.92 Å². The number of hydrogen-bond acceptors (Lipinski definition) is 4. The van der Waals surface area contributed by atoms with Crippen LogP contribution in [0.1, 0.15) is 11.7 Å². The second-order valence-electron chi connectivity index (χ2n) is 1.90. The van der Waals surface area contributed by atoms with Gasteiger partial charge in [0.05, 0.1) is 11.9 Å². The van der Waals surface area contributed by atoms with E-state index in [0.717, 1.165) is 0 Å². The molecule has 1 heterocycles. The van der Waals surface area contributed by atoms with E-state index in [2.05, 4.69) is 21.3 Å². The molecule has 0 aromatic carbocycles. The molecule has 0 aliphatic carbocycles. The van der Waals surface area contributed by atoms with E-state index in [1.54, 1.807) is 18.6 Å². The molecular weight excluding hydrogens is 140 g/mol. The van der Waals surface area contributed by atoms with E-state index >= 15 is 0 Å². The first-order valence-corrected chi connectivity index (χ1v) is 3.06. The highest BCUT2D eigenvalue weighted by Gasteiger charge is 2.04. The maximum absolute atomic E-state index is 5.16. The van der Waals surface area contributed by atoms with Crippen LogP contribution >= 0.6 is 0 Å². The molecule has 0 aliphatic heterocycles. The van der Waals surface area contributed by atoms with Crippen LogP contribution < -0.4 is 11.3 Å². The molecular formula is C7H8N4. The standard InChI is InChI=1S/C7H8N4/c1-2-6(11-8)7-5-9-3-4-10-7/h1,3-6,11H,8H2. The lowest BCUT2D eigenvalue weighted by Crippen LogP contribution is -2.27. The maximum Gasteiger partial charge on any atom is 0.125 e. The Kier molecular flexibility index (Phi) is 2.55. The first-order chi connectivity index (χ1) is 5.38.